The highest BCUT2D eigenvalue weighted by molar-refractivity contribution is 8.77. The van der Waals surface area contributed by atoms with Gasteiger partial charge in [-0.25, -0.2) is 12.8 Å². The smallest absolute Gasteiger partial charge is 0.158 e. The van der Waals surface area contributed by atoms with Crippen LogP contribution in [0.25, 0.3) is 0 Å². The molecule has 0 N–H and O–H groups in total. The Bertz CT molecular complexity index is 521. The van der Waals surface area contributed by atoms with Crippen molar-refractivity contribution in [3.63, 3.8) is 0 Å². The predicted molar refractivity (Wildman–Crippen MR) is 83.3 cm³/mol. The van der Waals surface area contributed by atoms with Crippen molar-refractivity contribution in [3.05, 3.63) is 59.8 Å². The third-order valence-electron chi connectivity index (χ3n) is 2.06. The van der Waals surface area contributed by atoms with Gasteiger partial charge >= 0.3 is 0 Å². The molecule has 0 bridgehead atoms. The Morgan fingerprint density at radius 2 is 1.95 bits per heavy atom. The van der Waals surface area contributed by atoms with E-state index in [9.17, 15) is 12.8 Å². The van der Waals surface area contributed by atoms with Crippen molar-refractivity contribution < 1.29 is 12.8 Å². The van der Waals surface area contributed by atoms with E-state index in [2.05, 4.69) is 6.58 Å². The summed E-state index contributed by atoms with van der Waals surface area (Å²) in [5, 5.41) is 1.76. The first-order chi connectivity index (χ1) is 9.03. The molecular formula is C13H15FO2S3. The molecule has 1 aromatic rings. The van der Waals surface area contributed by atoms with Gasteiger partial charge in [-0.3, -0.25) is 0 Å². The van der Waals surface area contributed by atoms with E-state index in [1.165, 1.54) is 35.1 Å². The lowest BCUT2D eigenvalue weighted by molar-refractivity contribution is 0.597. The molecule has 1 aromatic carbocycles. The molecule has 19 heavy (non-hydrogen) atoms. The molecule has 0 amide bonds. The highest BCUT2D eigenvalue weighted by Crippen LogP contribution is 2.22. The largest absolute Gasteiger partial charge is 0.228 e. The summed E-state index contributed by atoms with van der Waals surface area (Å²) >= 11 is 0. The fourth-order valence-electron chi connectivity index (χ4n) is 1.25. The molecule has 0 heterocycles. The van der Waals surface area contributed by atoms with E-state index in [1.54, 1.807) is 28.4 Å². The Morgan fingerprint density at radius 3 is 2.58 bits per heavy atom. The molecule has 0 unspecified atom stereocenters. The second kappa shape index (κ2) is 8.45. The number of hydrogen-bond donors (Lipinski definition) is 0. The maximum atomic E-state index is 12.7. The van der Waals surface area contributed by atoms with Crippen LogP contribution in [0, 0.1) is 5.82 Å². The molecule has 0 saturated carbocycles. The zero-order chi connectivity index (χ0) is 14.1. The molecule has 0 aliphatic heterocycles. The van der Waals surface area contributed by atoms with Crippen molar-refractivity contribution >= 4 is 31.4 Å². The van der Waals surface area contributed by atoms with Crippen LogP contribution in [-0.4, -0.2) is 19.9 Å². The van der Waals surface area contributed by atoms with Crippen molar-refractivity contribution in [1.29, 1.82) is 0 Å². The maximum absolute atomic E-state index is 12.7. The van der Waals surface area contributed by atoms with Crippen LogP contribution in [0.2, 0.25) is 0 Å². The van der Waals surface area contributed by atoms with E-state index in [0.717, 1.165) is 5.75 Å². The molecule has 0 aliphatic carbocycles. The van der Waals surface area contributed by atoms with E-state index in [1.807, 2.05) is 0 Å². The number of halogens is 1. The second-order valence-electron chi connectivity index (χ2n) is 3.72. The molecule has 0 radical (unpaired) electrons. The minimum atomic E-state index is -3.19. The molecule has 0 aromatic heterocycles. The molecule has 0 fully saturated rings. The lowest BCUT2D eigenvalue weighted by atomic mass is 10.2. The van der Waals surface area contributed by atoms with Crippen LogP contribution in [0.1, 0.15) is 5.56 Å². The minimum absolute atomic E-state index is 0.00791. The summed E-state index contributed by atoms with van der Waals surface area (Å²) in [5.41, 5.74) is 0.600. The van der Waals surface area contributed by atoms with Gasteiger partial charge in [-0.1, -0.05) is 45.9 Å². The first-order valence-electron chi connectivity index (χ1n) is 5.52. The van der Waals surface area contributed by atoms with Crippen LogP contribution in [0.5, 0.6) is 0 Å². The summed E-state index contributed by atoms with van der Waals surface area (Å²) in [6.45, 7) is 3.59. The van der Waals surface area contributed by atoms with E-state index >= 15 is 0 Å². The van der Waals surface area contributed by atoms with Crippen molar-refractivity contribution in [2.75, 3.05) is 11.5 Å². The summed E-state index contributed by atoms with van der Waals surface area (Å²) < 4.78 is 36.3. The van der Waals surface area contributed by atoms with Crippen LogP contribution in [0.3, 0.4) is 0 Å². The van der Waals surface area contributed by atoms with Crippen molar-refractivity contribution in [2.45, 2.75) is 5.75 Å². The molecule has 2 nitrogen and oxygen atoms in total. The molecule has 0 aliphatic rings. The van der Waals surface area contributed by atoms with Crippen LogP contribution in [0.15, 0.2) is 48.4 Å². The van der Waals surface area contributed by atoms with Crippen LogP contribution in [0.4, 0.5) is 4.39 Å². The summed E-state index contributed by atoms with van der Waals surface area (Å²) in [6.07, 6.45) is 3.41. The second-order valence-corrected chi connectivity index (χ2v) is 8.15. The lowest BCUT2D eigenvalue weighted by Gasteiger charge is -2.01. The SMILES string of the molecule is C=CCSSC=CCS(=O)(=O)Cc1ccc(F)cc1. The van der Waals surface area contributed by atoms with Gasteiger partial charge in [0.05, 0.1) is 11.5 Å². The van der Waals surface area contributed by atoms with Gasteiger partial charge in [0.15, 0.2) is 9.84 Å². The molecular weight excluding hydrogens is 303 g/mol. The third-order valence-corrected chi connectivity index (χ3v) is 5.49. The van der Waals surface area contributed by atoms with Crippen molar-refractivity contribution in [1.82, 2.24) is 0 Å². The monoisotopic (exact) mass is 318 g/mol. The van der Waals surface area contributed by atoms with Crippen LogP contribution >= 0.6 is 21.6 Å². The average molecular weight is 318 g/mol. The Morgan fingerprint density at radius 1 is 1.26 bits per heavy atom. The highest BCUT2D eigenvalue weighted by Gasteiger charge is 2.09. The van der Waals surface area contributed by atoms with Gasteiger partial charge in [-0.15, -0.1) is 6.58 Å². The minimum Gasteiger partial charge on any atom is -0.228 e. The summed E-state index contributed by atoms with van der Waals surface area (Å²) in [6, 6.07) is 5.52. The third kappa shape index (κ3) is 7.44. The zero-order valence-corrected chi connectivity index (χ0v) is 12.7. The fourth-order valence-corrected chi connectivity index (χ4v) is 4.00. The first-order valence-corrected chi connectivity index (χ1v) is 9.73. The van der Waals surface area contributed by atoms with Gasteiger partial charge in [0.2, 0.25) is 0 Å². The van der Waals surface area contributed by atoms with Gasteiger partial charge in [0.1, 0.15) is 5.82 Å². The van der Waals surface area contributed by atoms with Crippen LogP contribution < -0.4 is 0 Å². The summed E-state index contributed by atoms with van der Waals surface area (Å²) in [5.74, 6) is 0.377. The van der Waals surface area contributed by atoms with Gasteiger partial charge < -0.3 is 0 Å². The van der Waals surface area contributed by atoms with Crippen LogP contribution in [-0.2, 0) is 15.6 Å². The number of benzene rings is 1. The average Bonchev–Trinajstić information content (AvgIpc) is 2.36. The summed E-state index contributed by atoms with van der Waals surface area (Å²) in [4.78, 5) is 0. The molecule has 1 rings (SSSR count). The van der Waals surface area contributed by atoms with Gasteiger partial charge in [0, 0.05) is 5.75 Å². The van der Waals surface area contributed by atoms with Gasteiger partial charge in [-0.2, -0.15) is 0 Å². The van der Waals surface area contributed by atoms with Crippen molar-refractivity contribution in [3.8, 4) is 0 Å². The molecule has 0 saturated heterocycles. The summed E-state index contributed by atoms with van der Waals surface area (Å²) in [7, 11) is -0.130. The zero-order valence-electron chi connectivity index (χ0n) is 10.3. The van der Waals surface area contributed by atoms with E-state index in [4.69, 9.17) is 0 Å². The van der Waals surface area contributed by atoms with Gasteiger partial charge in [0.25, 0.3) is 0 Å². The van der Waals surface area contributed by atoms with Gasteiger partial charge in [-0.05, 0) is 23.1 Å². The quantitative estimate of drug-likeness (QED) is 0.414. The Labute approximate surface area is 121 Å². The molecule has 0 spiro atoms. The topological polar surface area (TPSA) is 34.1 Å². The van der Waals surface area contributed by atoms with E-state index < -0.39 is 9.84 Å². The number of rotatable bonds is 8. The van der Waals surface area contributed by atoms with E-state index in [0.29, 0.717) is 5.56 Å². The Kier molecular flexibility index (Phi) is 7.27. The highest BCUT2D eigenvalue weighted by atomic mass is 33.1. The number of hydrogen-bond acceptors (Lipinski definition) is 4. The van der Waals surface area contributed by atoms with E-state index in [-0.39, 0.29) is 17.3 Å². The predicted octanol–water partition coefficient (Wildman–Crippen LogP) is 3.82. The lowest BCUT2D eigenvalue weighted by Crippen LogP contribution is -2.07. The Balaban J connectivity index is 2.43. The molecule has 6 heteroatoms. The number of sulfone groups is 1. The van der Waals surface area contributed by atoms with Crippen molar-refractivity contribution in [2.24, 2.45) is 0 Å². The molecule has 104 valence electrons. The standard InChI is InChI=1S/C13H15FO2S3/c1-2-8-17-18-9-3-10-19(15,16)11-12-4-6-13(14)7-5-12/h2-7,9H,1,8,10-11H2. The maximum Gasteiger partial charge on any atom is 0.158 e. The molecule has 0 atom stereocenters. The first kappa shape index (κ1) is 16.3. The fraction of sp³-hybridized carbons (Fsp3) is 0.231. The normalized spacial score (nSPS) is 11.8. The Hall–Kier alpha value is -0.720.